The van der Waals surface area contributed by atoms with Crippen molar-refractivity contribution in [3.8, 4) is 0 Å². The van der Waals surface area contributed by atoms with Crippen molar-refractivity contribution >= 4 is 27.1 Å². The summed E-state index contributed by atoms with van der Waals surface area (Å²) in [5.41, 5.74) is 1.06. The van der Waals surface area contributed by atoms with Gasteiger partial charge in [-0.1, -0.05) is 18.2 Å². The van der Waals surface area contributed by atoms with Crippen molar-refractivity contribution < 1.29 is 22.7 Å². The highest BCUT2D eigenvalue weighted by molar-refractivity contribution is 7.87. The van der Waals surface area contributed by atoms with E-state index in [-0.39, 0.29) is 12.5 Å². The highest BCUT2D eigenvalue weighted by atomic mass is 32.2. The van der Waals surface area contributed by atoms with Crippen LogP contribution in [0, 0.1) is 0 Å². The number of carbonyl (C=O) groups excluding carboxylic acids is 1. The number of para-hydroxylation sites is 1. The Morgan fingerprint density at radius 2 is 2.08 bits per heavy atom. The molecule has 3 rings (SSSR count). The minimum Gasteiger partial charge on any atom is -0.463 e. The number of piperidine rings is 1. The fraction of sp³-hybridized carbons (Fsp3) is 0.438. The zero-order chi connectivity index (χ0) is 18.2. The summed E-state index contributed by atoms with van der Waals surface area (Å²) in [7, 11) is -0.807. The van der Waals surface area contributed by atoms with E-state index in [1.54, 1.807) is 12.1 Å². The van der Waals surface area contributed by atoms with E-state index in [0.29, 0.717) is 24.1 Å². The maximum absolute atomic E-state index is 12.7. The minimum atomic E-state index is -3.64. The first-order valence-corrected chi connectivity index (χ1v) is 9.37. The largest absolute Gasteiger partial charge is 0.463 e. The van der Waals surface area contributed by atoms with Gasteiger partial charge in [-0.25, -0.2) is 0 Å². The molecule has 1 amide bonds. The van der Waals surface area contributed by atoms with E-state index >= 15 is 0 Å². The Hall–Kier alpha value is -1.94. The predicted octanol–water partition coefficient (Wildman–Crippen LogP) is 0.404. The lowest BCUT2D eigenvalue weighted by Gasteiger charge is -2.36. The van der Waals surface area contributed by atoms with E-state index in [1.165, 1.54) is 25.3 Å². The number of β-amino-alcohol motifs (C(OH)–C–C–N with tert-alkyl or cyclic N) is 1. The molecule has 2 atom stereocenters. The summed E-state index contributed by atoms with van der Waals surface area (Å²) in [4.78, 5) is 14.2. The van der Waals surface area contributed by atoms with Crippen LogP contribution < -0.4 is 4.72 Å². The third-order valence-corrected chi connectivity index (χ3v) is 5.92. The summed E-state index contributed by atoms with van der Waals surface area (Å²) in [6.07, 6.45) is 0.765. The molecule has 1 aromatic heterocycles. The Labute approximate surface area is 146 Å². The van der Waals surface area contributed by atoms with Crippen molar-refractivity contribution in [2.45, 2.75) is 18.6 Å². The van der Waals surface area contributed by atoms with Gasteiger partial charge in [-0.05, 0) is 12.5 Å². The molecular weight excluding hydrogens is 346 g/mol. The molecule has 25 heavy (non-hydrogen) atoms. The maximum Gasteiger partial charge on any atom is 0.279 e. The number of fused-ring (bicyclic) bond motifs is 1. The summed E-state index contributed by atoms with van der Waals surface area (Å²) >= 11 is 0. The molecule has 136 valence electrons. The van der Waals surface area contributed by atoms with E-state index in [9.17, 15) is 18.3 Å². The van der Waals surface area contributed by atoms with E-state index in [4.69, 9.17) is 4.42 Å². The SMILES string of the molecule is CN(C)S(=O)(=O)N[C@H]1CCN(C(=O)c2coc3ccccc23)C[C@@H]1O. The van der Waals surface area contributed by atoms with Crippen LogP contribution in [0.2, 0.25) is 0 Å². The Kier molecular flexibility index (Phi) is 4.83. The molecule has 0 unspecified atom stereocenters. The van der Waals surface area contributed by atoms with Crippen LogP contribution in [0.5, 0.6) is 0 Å². The van der Waals surface area contributed by atoms with Crippen molar-refractivity contribution in [2.24, 2.45) is 0 Å². The molecule has 2 aromatic rings. The van der Waals surface area contributed by atoms with Crippen molar-refractivity contribution in [3.05, 3.63) is 36.1 Å². The molecule has 0 aliphatic carbocycles. The van der Waals surface area contributed by atoms with Crippen molar-refractivity contribution in [1.29, 1.82) is 0 Å². The van der Waals surface area contributed by atoms with Crippen molar-refractivity contribution in [1.82, 2.24) is 13.9 Å². The molecule has 0 spiro atoms. The van der Waals surface area contributed by atoms with Crippen LogP contribution in [-0.4, -0.2) is 68.0 Å². The van der Waals surface area contributed by atoms with E-state index in [2.05, 4.69) is 4.72 Å². The molecule has 1 aliphatic rings. The van der Waals surface area contributed by atoms with Crippen molar-refractivity contribution in [3.63, 3.8) is 0 Å². The number of hydrogen-bond donors (Lipinski definition) is 2. The number of aliphatic hydroxyl groups is 1. The first-order valence-electron chi connectivity index (χ1n) is 7.93. The molecule has 8 nitrogen and oxygen atoms in total. The number of hydrogen-bond acceptors (Lipinski definition) is 5. The van der Waals surface area contributed by atoms with Gasteiger partial charge in [0, 0.05) is 32.6 Å². The molecule has 2 heterocycles. The van der Waals surface area contributed by atoms with Gasteiger partial charge in [-0.2, -0.15) is 17.4 Å². The van der Waals surface area contributed by atoms with Gasteiger partial charge in [0.2, 0.25) is 0 Å². The van der Waals surface area contributed by atoms with Crippen LogP contribution >= 0.6 is 0 Å². The van der Waals surface area contributed by atoms with Gasteiger partial charge < -0.3 is 14.4 Å². The van der Waals surface area contributed by atoms with Gasteiger partial charge in [-0.3, -0.25) is 4.79 Å². The lowest BCUT2D eigenvalue weighted by Crippen LogP contribution is -2.56. The van der Waals surface area contributed by atoms with E-state index in [1.807, 2.05) is 12.1 Å². The highest BCUT2D eigenvalue weighted by Crippen LogP contribution is 2.24. The number of furan rings is 1. The summed E-state index contributed by atoms with van der Waals surface area (Å²) in [5.74, 6) is -0.238. The fourth-order valence-corrected chi connectivity index (χ4v) is 3.73. The van der Waals surface area contributed by atoms with Gasteiger partial charge >= 0.3 is 0 Å². The molecule has 1 aromatic carbocycles. The smallest absolute Gasteiger partial charge is 0.279 e. The summed E-state index contributed by atoms with van der Waals surface area (Å²) in [5, 5.41) is 11.0. The second-order valence-corrected chi connectivity index (χ2v) is 8.18. The molecule has 2 N–H and O–H groups in total. The number of carbonyl (C=O) groups is 1. The van der Waals surface area contributed by atoms with Gasteiger partial charge in [0.1, 0.15) is 11.8 Å². The number of likely N-dealkylation sites (tertiary alicyclic amines) is 1. The third kappa shape index (κ3) is 3.54. The summed E-state index contributed by atoms with van der Waals surface area (Å²) in [6, 6.07) is 6.61. The van der Waals surface area contributed by atoms with E-state index < -0.39 is 22.4 Å². The van der Waals surface area contributed by atoms with Crippen LogP contribution in [0.4, 0.5) is 0 Å². The molecule has 9 heteroatoms. The lowest BCUT2D eigenvalue weighted by molar-refractivity contribution is 0.0365. The Bertz CT molecular complexity index is 877. The second kappa shape index (κ2) is 6.75. The normalized spacial score (nSPS) is 21.8. The Morgan fingerprint density at radius 1 is 1.36 bits per heavy atom. The second-order valence-electron chi connectivity index (χ2n) is 6.26. The number of nitrogens with zero attached hydrogens (tertiary/aromatic N) is 2. The topological polar surface area (TPSA) is 103 Å². The Morgan fingerprint density at radius 3 is 2.76 bits per heavy atom. The fourth-order valence-electron chi connectivity index (χ4n) is 2.86. The Balaban J connectivity index is 1.71. The van der Waals surface area contributed by atoms with Crippen LogP contribution in [0.25, 0.3) is 11.0 Å². The summed E-state index contributed by atoms with van der Waals surface area (Å²) in [6.45, 7) is 0.398. The first kappa shape index (κ1) is 17.9. The standard InChI is InChI=1S/C16H21N3O5S/c1-18(2)25(22,23)17-13-7-8-19(9-14(13)20)16(21)12-10-24-15-6-4-3-5-11(12)15/h3-6,10,13-14,17,20H,7-9H2,1-2H3/t13-,14-/m0/s1. The number of aliphatic hydroxyl groups excluding tert-OH is 1. The number of nitrogens with one attached hydrogen (secondary N) is 1. The zero-order valence-corrected chi connectivity index (χ0v) is 14.9. The molecular formula is C16H21N3O5S. The number of rotatable bonds is 4. The molecule has 1 fully saturated rings. The zero-order valence-electron chi connectivity index (χ0n) is 14.0. The van der Waals surface area contributed by atoms with Gasteiger partial charge in [0.05, 0.1) is 17.7 Å². The van der Waals surface area contributed by atoms with Crippen LogP contribution in [0.1, 0.15) is 16.8 Å². The quantitative estimate of drug-likeness (QED) is 0.814. The molecule has 0 saturated carbocycles. The van der Waals surface area contributed by atoms with Crippen LogP contribution in [0.15, 0.2) is 34.9 Å². The van der Waals surface area contributed by atoms with E-state index in [0.717, 1.165) is 9.69 Å². The van der Waals surface area contributed by atoms with Gasteiger partial charge in [0.25, 0.3) is 16.1 Å². The minimum absolute atomic E-state index is 0.0545. The molecule has 1 aliphatic heterocycles. The van der Waals surface area contributed by atoms with Crippen molar-refractivity contribution in [2.75, 3.05) is 27.2 Å². The average Bonchev–Trinajstić information content (AvgIpc) is 3.00. The number of benzene rings is 1. The van der Waals surface area contributed by atoms with Crippen LogP contribution in [0.3, 0.4) is 0 Å². The molecule has 0 bridgehead atoms. The lowest BCUT2D eigenvalue weighted by atomic mass is 10.0. The maximum atomic E-state index is 12.7. The predicted molar refractivity (Wildman–Crippen MR) is 92.3 cm³/mol. The monoisotopic (exact) mass is 367 g/mol. The third-order valence-electron chi connectivity index (χ3n) is 4.36. The average molecular weight is 367 g/mol. The highest BCUT2D eigenvalue weighted by Gasteiger charge is 2.34. The van der Waals surface area contributed by atoms with Gasteiger partial charge in [0.15, 0.2) is 0 Å². The van der Waals surface area contributed by atoms with Gasteiger partial charge in [-0.15, -0.1) is 0 Å². The first-order chi connectivity index (χ1) is 11.8. The van der Waals surface area contributed by atoms with Crippen LogP contribution in [-0.2, 0) is 10.2 Å². The summed E-state index contributed by atoms with van der Waals surface area (Å²) < 4.78 is 32.7. The molecule has 1 saturated heterocycles. The number of amides is 1. The molecule has 0 radical (unpaired) electrons.